The van der Waals surface area contributed by atoms with Crippen LogP contribution in [0, 0.1) is 5.92 Å². The van der Waals surface area contributed by atoms with Crippen molar-refractivity contribution < 1.29 is 27.7 Å². The van der Waals surface area contributed by atoms with Crippen molar-refractivity contribution in [3.05, 3.63) is 29.8 Å². The molecule has 0 saturated heterocycles. The van der Waals surface area contributed by atoms with Crippen LogP contribution in [0.4, 0.5) is 0 Å². The van der Waals surface area contributed by atoms with Crippen molar-refractivity contribution in [3.63, 3.8) is 0 Å². The van der Waals surface area contributed by atoms with E-state index in [1.165, 1.54) is 18.2 Å². The summed E-state index contributed by atoms with van der Waals surface area (Å²) in [5, 5.41) is 11.7. The molecular formula is C16H25NO2. The lowest BCUT2D eigenvalue weighted by Gasteiger charge is -2.41. The highest BCUT2D eigenvalue weighted by molar-refractivity contribution is 5.33. The topological polar surface area (TPSA) is 32.7 Å². The number of hydrogen-bond donors (Lipinski definition) is 1. The van der Waals surface area contributed by atoms with Gasteiger partial charge in [-0.2, -0.15) is 0 Å². The summed E-state index contributed by atoms with van der Waals surface area (Å²) < 4.78 is 106. The molecule has 0 bridgehead atoms. The SMILES string of the molecule is [2H]C([2H])([2H])Oc1cccc([C@@]2(O)[C@H](C([2H])([2H])N(C([2H])([2H])[2H])C([2H])([2H])[2H])CCCC2([2H])[2H])c1. The van der Waals surface area contributed by atoms with Crippen LogP contribution in [-0.2, 0) is 5.60 Å². The van der Waals surface area contributed by atoms with Gasteiger partial charge < -0.3 is 14.7 Å². The van der Waals surface area contributed by atoms with E-state index in [0.29, 0.717) is 0 Å². The minimum atomic E-state index is -3.42. The zero-order chi connectivity index (χ0) is 25.0. The Labute approximate surface area is 134 Å². The Hall–Kier alpha value is -1.06. The Balaban J connectivity index is 2.71. The number of aliphatic hydroxyl groups is 1. The number of benzene rings is 1. The van der Waals surface area contributed by atoms with Crippen LogP contribution >= 0.6 is 0 Å². The maximum Gasteiger partial charge on any atom is 0.119 e. The number of methoxy groups -OCH3 is 1. The lowest BCUT2D eigenvalue weighted by Crippen LogP contribution is -2.43. The largest absolute Gasteiger partial charge is 0.497 e. The van der Waals surface area contributed by atoms with Gasteiger partial charge in [0.1, 0.15) is 5.75 Å². The zero-order valence-corrected chi connectivity index (χ0v) is 10.3. The highest BCUT2D eigenvalue weighted by atomic mass is 16.5. The first-order valence-corrected chi connectivity index (χ1v) is 5.96. The summed E-state index contributed by atoms with van der Waals surface area (Å²) in [4.78, 5) is -0.299. The third-order valence-electron chi connectivity index (χ3n) is 3.25. The molecule has 0 aliphatic heterocycles. The third kappa shape index (κ3) is 3.10. The van der Waals surface area contributed by atoms with Crippen LogP contribution in [-0.4, -0.2) is 37.5 Å². The average molecular weight is 276 g/mol. The van der Waals surface area contributed by atoms with Gasteiger partial charge in [0.15, 0.2) is 0 Å². The van der Waals surface area contributed by atoms with Gasteiger partial charge in [0, 0.05) is 26.1 Å². The van der Waals surface area contributed by atoms with Crippen molar-refractivity contribution in [2.45, 2.75) is 31.2 Å². The van der Waals surface area contributed by atoms with E-state index in [2.05, 4.69) is 0 Å². The zero-order valence-electron chi connectivity index (χ0n) is 23.3. The van der Waals surface area contributed by atoms with E-state index in [1.807, 2.05) is 0 Å². The number of ether oxygens (including phenoxy) is 1. The van der Waals surface area contributed by atoms with E-state index in [0.717, 1.165) is 6.07 Å². The van der Waals surface area contributed by atoms with Gasteiger partial charge in [-0.05, 0) is 44.4 Å². The molecule has 1 fully saturated rings. The molecule has 3 nitrogen and oxygen atoms in total. The van der Waals surface area contributed by atoms with E-state index in [1.54, 1.807) is 0 Å². The quantitative estimate of drug-likeness (QED) is 0.917. The Kier molecular flexibility index (Phi) is 1.58. The first kappa shape index (κ1) is 5.05. The molecule has 0 radical (unpaired) electrons. The van der Waals surface area contributed by atoms with Crippen molar-refractivity contribution in [2.75, 3.05) is 27.5 Å². The molecule has 1 saturated carbocycles. The summed E-state index contributed by atoms with van der Waals surface area (Å²) in [7, 11) is -2.85. The summed E-state index contributed by atoms with van der Waals surface area (Å²) in [5.41, 5.74) is -2.95. The summed E-state index contributed by atoms with van der Waals surface area (Å²) in [6, 6.07) is 4.79. The Morgan fingerprint density at radius 3 is 3.26 bits per heavy atom. The third-order valence-corrected chi connectivity index (χ3v) is 3.25. The molecule has 1 N–H and O–H groups in total. The molecule has 106 valence electrons. The highest BCUT2D eigenvalue weighted by Crippen LogP contribution is 2.42. The Morgan fingerprint density at radius 1 is 1.58 bits per heavy atom. The van der Waals surface area contributed by atoms with E-state index in [-0.39, 0.29) is 35.5 Å². The fourth-order valence-corrected chi connectivity index (χ4v) is 2.33. The van der Waals surface area contributed by atoms with Crippen LogP contribution in [0.3, 0.4) is 0 Å². The first-order valence-electron chi connectivity index (χ1n) is 12.5. The van der Waals surface area contributed by atoms with E-state index in [4.69, 9.17) is 22.6 Å². The molecule has 1 aromatic carbocycles. The van der Waals surface area contributed by atoms with Gasteiger partial charge in [0.2, 0.25) is 0 Å². The molecule has 0 amide bonds. The van der Waals surface area contributed by atoms with Crippen LogP contribution in [0.25, 0.3) is 0 Å². The highest BCUT2D eigenvalue weighted by Gasteiger charge is 2.40. The minimum absolute atomic E-state index is 0.0563. The van der Waals surface area contributed by atoms with Crippen molar-refractivity contribution in [1.82, 2.24) is 4.90 Å². The van der Waals surface area contributed by atoms with Gasteiger partial charge in [0.05, 0.1) is 16.8 Å². The van der Waals surface area contributed by atoms with E-state index in [9.17, 15) is 5.11 Å². The normalized spacial score (nSPS) is 43.1. The number of hydrogen-bond acceptors (Lipinski definition) is 3. The second-order valence-corrected chi connectivity index (χ2v) is 4.48. The summed E-state index contributed by atoms with van der Waals surface area (Å²) >= 11 is 0. The van der Waals surface area contributed by atoms with Crippen LogP contribution in [0.15, 0.2) is 24.3 Å². The summed E-state index contributed by atoms with van der Waals surface area (Å²) in [6.45, 7) is -10.1. The lowest BCUT2D eigenvalue weighted by molar-refractivity contribution is -0.0619. The first-order chi connectivity index (χ1) is 14.1. The van der Waals surface area contributed by atoms with Gasteiger partial charge in [0.25, 0.3) is 0 Å². The maximum atomic E-state index is 11.7. The standard InChI is InChI=1S/C16H25NO2/c1-17(2)12-14-7-4-5-10-16(14,18)13-8-6-9-15(11-13)19-3/h6,8-9,11,14,18H,4-5,7,10,12H2,1-3H3/t14-,16+/m0/s1/i1D3,2D3,3D3,10D2,12D2. The van der Waals surface area contributed by atoms with Crippen molar-refractivity contribution in [2.24, 2.45) is 5.92 Å². The summed E-state index contributed by atoms with van der Waals surface area (Å²) in [5.74, 6) is -2.08. The molecular weight excluding hydrogens is 238 g/mol. The average Bonchev–Trinajstić information content (AvgIpc) is 2.52. The van der Waals surface area contributed by atoms with Crippen molar-refractivity contribution in [3.8, 4) is 5.75 Å². The Morgan fingerprint density at radius 2 is 2.47 bits per heavy atom. The molecule has 1 aliphatic carbocycles. The van der Waals surface area contributed by atoms with Crippen molar-refractivity contribution in [1.29, 1.82) is 0 Å². The summed E-state index contributed by atoms with van der Waals surface area (Å²) in [6.07, 6.45) is -2.89. The number of nitrogens with zero attached hydrogens (tertiary/aromatic N) is 1. The van der Waals surface area contributed by atoms with E-state index < -0.39 is 45.4 Å². The van der Waals surface area contributed by atoms with E-state index >= 15 is 0 Å². The predicted molar refractivity (Wildman–Crippen MR) is 77.4 cm³/mol. The fourth-order valence-electron chi connectivity index (χ4n) is 2.33. The second kappa shape index (κ2) is 5.93. The molecule has 0 unspecified atom stereocenters. The monoisotopic (exact) mass is 276 g/mol. The van der Waals surface area contributed by atoms with Crippen LogP contribution in [0.1, 0.15) is 49.0 Å². The van der Waals surface area contributed by atoms with Gasteiger partial charge in [-0.15, -0.1) is 0 Å². The molecule has 1 aromatic rings. The van der Waals surface area contributed by atoms with Gasteiger partial charge in [-0.25, -0.2) is 0 Å². The van der Waals surface area contributed by atoms with Gasteiger partial charge in [-0.3, -0.25) is 0 Å². The molecule has 0 heterocycles. The van der Waals surface area contributed by atoms with Crippen molar-refractivity contribution >= 4 is 0 Å². The molecule has 0 spiro atoms. The maximum absolute atomic E-state index is 11.7. The smallest absolute Gasteiger partial charge is 0.119 e. The predicted octanol–water partition coefficient (Wildman–Crippen LogP) is 2.63. The van der Waals surface area contributed by atoms with Crippen LogP contribution in [0.5, 0.6) is 5.75 Å². The second-order valence-electron chi connectivity index (χ2n) is 4.48. The minimum Gasteiger partial charge on any atom is -0.497 e. The van der Waals surface area contributed by atoms with Gasteiger partial charge >= 0.3 is 0 Å². The molecule has 2 atom stereocenters. The van der Waals surface area contributed by atoms with Crippen LogP contribution < -0.4 is 4.74 Å². The number of rotatable bonds is 4. The molecule has 2 rings (SSSR count). The Bertz CT molecular complexity index is 803. The lowest BCUT2D eigenvalue weighted by atomic mass is 9.71. The molecule has 3 heteroatoms. The molecule has 0 aromatic heterocycles. The molecule has 1 aliphatic rings. The van der Waals surface area contributed by atoms with Crippen LogP contribution in [0.2, 0.25) is 0 Å². The fraction of sp³-hybridized carbons (Fsp3) is 0.625. The molecule has 19 heavy (non-hydrogen) atoms. The van der Waals surface area contributed by atoms with Gasteiger partial charge in [-0.1, -0.05) is 25.0 Å².